The zero-order valence-corrected chi connectivity index (χ0v) is 43.0. The zero-order valence-electron chi connectivity index (χ0n) is 39.4. The second-order valence-corrected chi connectivity index (χ2v) is 16.0. The summed E-state index contributed by atoms with van der Waals surface area (Å²) in [6.07, 6.45) is 4.62. The van der Waals surface area contributed by atoms with E-state index in [0.29, 0.717) is 49.0 Å². The number of nitrogens with zero attached hydrogens (tertiary/aromatic N) is 7. The third-order valence-corrected chi connectivity index (χ3v) is 10.9. The van der Waals surface area contributed by atoms with Gasteiger partial charge in [0, 0.05) is 53.0 Å². The first-order chi connectivity index (χ1) is 30.5. The van der Waals surface area contributed by atoms with Gasteiger partial charge in [-0.3, -0.25) is 23.4 Å². The number of aromatic nitrogens is 6. The second-order valence-electron chi connectivity index (χ2n) is 14.7. The topological polar surface area (TPSA) is 198 Å². The predicted octanol–water partition coefficient (Wildman–Crippen LogP) is 1.75. The van der Waals surface area contributed by atoms with Crippen LogP contribution < -0.4 is 75.5 Å². The number of aryl methyl sites for hydroxylation is 2. The average molecular weight is 962 g/mol. The van der Waals surface area contributed by atoms with E-state index in [1.165, 1.54) is 40.1 Å². The van der Waals surface area contributed by atoms with Crippen LogP contribution >= 0.6 is 12.4 Å². The van der Waals surface area contributed by atoms with Crippen molar-refractivity contribution in [2.24, 2.45) is 28.2 Å². The SMILES string of the molecule is CCOc1ccc(/C=C2\NCCc3cc(OCC)c(OCC)cc32)cc1OCC.Cc1c(N(C)CS(=O)(=O)[O-])c(=O)n(-c2ccccc2)n1C.Cl.Cn1c(=O)c2c(ncn2C)n(C)c1=O.[Na+]. The van der Waals surface area contributed by atoms with E-state index in [-0.39, 0.29) is 64.5 Å². The number of hydrogen-bond donors (Lipinski definition) is 1. The van der Waals surface area contributed by atoms with E-state index >= 15 is 0 Å². The summed E-state index contributed by atoms with van der Waals surface area (Å²) < 4.78 is 62.8. The molecule has 1 aliphatic heterocycles. The number of nitrogens with one attached hydrogen (secondary N) is 1. The fraction of sp³-hybridized carbons (Fsp3) is 0.378. The van der Waals surface area contributed by atoms with Gasteiger partial charge < -0.3 is 38.3 Å². The van der Waals surface area contributed by atoms with Gasteiger partial charge in [0.1, 0.15) is 21.7 Å². The average Bonchev–Trinajstić information content (AvgIpc) is 3.75. The summed E-state index contributed by atoms with van der Waals surface area (Å²) in [5.74, 6) is 2.38. The van der Waals surface area contributed by atoms with Gasteiger partial charge in [0.25, 0.3) is 11.1 Å². The van der Waals surface area contributed by atoms with E-state index in [1.807, 2.05) is 45.9 Å². The van der Waals surface area contributed by atoms with Crippen molar-refractivity contribution in [2.45, 2.75) is 41.0 Å². The summed E-state index contributed by atoms with van der Waals surface area (Å²) in [7, 11) is 3.43. The van der Waals surface area contributed by atoms with Crippen molar-refractivity contribution in [1.29, 1.82) is 0 Å². The smallest absolute Gasteiger partial charge is 0.747 e. The van der Waals surface area contributed by atoms with E-state index in [2.05, 4.69) is 34.6 Å². The molecule has 0 aliphatic carbocycles. The predicted molar refractivity (Wildman–Crippen MR) is 254 cm³/mol. The molecular formula is C45H58ClN8NaO10S. The van der Waals surface area contributed by atoms with Gasteiger partial charge in [-0.2, -0.15) is 0 Å². The zero-order chi connectivity index (χ0) is 46.9. The molecule has 0 fully saturated rings. The molecule has 0 unspecified atom stereocenters. The molecule has 0 spiro atoms. The van der Waals surface area contributed by atoms with Crippen LogP contribution in [-0.4, -0.2) is 86.9 Å². The molecular weight excluding hydrogens is 903 g/mol. The van der Waals surface area contributed by atoms with E-state index < -0.39 is 16.0 Å². The monoisotopic (exact) mass is 960 g/mol. The molecule has 7 rings (SSSR count). The molecule has 0 saturated carbocycles. The van der Waals surface area contributed by atoms with E-state index in [9.17, 15) is 27.4 Å². The fourth-order valence-electron chi connectivity index (χ4n) is 7.24. The summed E-state index contributed by atoms with van der Waals surface area (Å²) in [5.41, 5.74) is 5.79. The van der Waals surface area contributed by atoms with Crippen LogP contribution in [0.5, 0.6) is 23.0 Å². The van der Waals surface area contributed by atoms with Crippen molar-refractivity contribution >= 4 is 51.1 Å². The van der Waals surface area contributed by atoms with Crippen LogP contribution in [-0.2, 0) is 44.7 Å². The molecule has 1 N–H and O–H groups in total. The Bertz CT molecular complexity index is 2930. The van der Waals surface area contributed by atoms with Gasteiger partial charge in [-0.1, -0.05) is 24.3 Å². The number of anilines is 1. The van der Waals surface area contributed by atoms with Crippen molar-refractivity contribution in [3.63, 3.8) is 0 Å². The quantitative estimate of drug-likeness (QED) is 0.130. The number of benzene rings is 3. The first kappa shape index (κ1) is 54.9. The number of rotatable bonds is 13. The van der Waals surface area contributed by atoms with Crippen molar-refractivity contribution in [3.8, 4) is 28.7 Å². The van der Waals surface area contributed by atoms with Crippen molar-refractivity contribution in [3.05, 3.63) is 121 Å². The molecule has 18 nitrogen and oxygen atoms in total. The Balaban J connectivity index is 0.000000275. The minimum absolute atomic E-state index is 0. The number of imidazole rings is 1. The van der Waals surface area contributed by atoms with E-state index in [4.69, 9.17) is 18.9 Å². The summed E-state index contributed by atoms with van der Waals surface area (Å²) in [6.45, 7) is 12.9. The number of halogens is 1. The Morgan fingerprint density at radius 3 is 1.97 bits per heavy atom. The summed E-state index contributed by atoms with van der Waals surface area (Å²) >= 11 is 0. The first-order valence-corrected chi connectivity index (χ1v) is 22.4. The number of fused-ring (bicyclic) bond motifs is 2. The molecule has 6 aromatic rings. The third kappa shape index (κ3) is 12.7. The summed E-state index contributed by atoms with van der Waals surface area (Å²) in [5, 5.41) is 3.53. The number of para-hydroxylation sites is 1. The molecule has 66 heavy (non-hydrogen) atoms. The summed E-state index contributed by atoms with van der Waals surface area (Å²) in [4.78, 5) is 40.9. The molecule has 3 aromatic heterocycles. The van der Waals surface area contributed by atoms with E-state index in [0.717, 1.165) is 57.4 Å². The second kappa shape index (κ2) is 24.4. The summed E-state index contributed by atoms with van der Waals surface area (Å²) in [6, 6.07) is 19.2. The van der Waals surface area contributed by atoms with Gasteiger partial charge >= 0.3 is 35.2 Å². The third-order valence-electron chi connectivity index (χ3n) is 10.2. The molecule has 21 heteroatoms. The van der Waals surface area contributed by atoms with Crippen LogP contribution in [0.3, 0.4) is 0 Å². The Hall–Kier alpha value is -5.44. The fourth-order valence-corrected chi connectivity index (χ4v) is 7.85. The largest absolute Gasteiger partial charge is 1.00 e. The first-order valence-electron chi connectivity index (χ1n) is 20.8. The number of hydrogen-bond acceptors (Lipinski definition) is 13. The van der Waals surface area contributed by atoms with Crippen LogP contribution in [0, 0.1) is 6.92 Å². The molecule has 0 saturated heterocycles. The van der Waals surface area contributed by atoms with Gasteiger partial charge in [-0.25, -0.2) is 22.9 Å². The van der Waals surface area contributed by atoms with Gasteiger partial charge in [0.05, 0.1) is 44.1 Å². The van der Waals surface area contributed by atoms with Gasteiger partial charge in [-0.05, 0) is 94.6 Å². The Morgan fingerprint density at radius 1 is 0.803 bits per heavy atom. The van der Waals surface area contributed by atoms with Gasteiger partial charge in [-0.15, -0.1) is 12.4 Å². The molecule has 0 amide bonds. The van der Waals surface area contributed by atoms with Gasteiger partial charge in [0.2, 0.25) is 0 Å². The minimum Gasteiger partial charge on any atom is -0.747 e. The Kier molecular flexibility index (Phi) is 20.3. The van der Waals surface area contributed by atoms with Crippen LogP contribution in [0.4, 0.5) is 5.69 Å². The van der Waals surface area contributed by atoms with Crippen LogP contribution in [0.2, 0.25) is 0 Å². The molecule has 3 aromatic carbocycles. The molecule has 1 aliphatic rings. The maximum absolute atomic E-state index is 12.5. The normalized spacial score (nSPS) is 12.3. The molecule has 0 atom stereocenters. The molecule has 0 bridgehead atoms. The van der Waals surface area contributed by atoms with Crippen molar-refractivity contribution < 1.29 is 61.5 Å². The van der Waals surface area contributed by atoms with Gasteiger partial charge in [0.15, 0.2) is 34.2 Å². The maximum Gasteiger partial charge on any atom is 1.00 e. The molecule has 352 valence electrons. The van der Waals surface area contributed by atoms with Crippen LogP contribution in [0.15, 0.2) is 81.4 Å². The van der Waals surface area contributed by atoms with Crippen LogP contribution in [0.1, 0.15) is 50.1 Å². The molecule has 0 radical (unpaired) electrons. The maximum atomic E-state index is 12.5. The Labute approximate surface area is 412 Å². The standard InChI is InChI=1S/C24H31NO4.C13H17N3O4S.C8H10N4O2.ClH.Na/c1-5-26-21-10-9-17(14-22(21)27-6-2)13-20-19-16-24(29-8-4)23(28-7-3)15-18(19)11-12-25-20;1-10-12(14(2)9-21(18,19)20)13(17)16(15(10)3)11-7-5-4-6-8-11;1-10-4-9-6-5(10)7(13)12(3)8(14)11(6)2;;/h9-10,13-16,25H,5-8,11-12H2,1-4H3;4-8H,9H2,1-3H3,(H,18,19,20);4H,1-3H3;1H;/q;;;;+1/p-1/b20-13-;;;;. The van der Waals surface area contributed by atoms with Crippen molar-refractivity contribution in [2.75, 3.05) is 50.8 Å². The Morgan fingerprint density at radius 2 is 1.38 bits per heavy atom. The molecule has 4 heterocycles. The van der Waals surface area contributed by atoms with Crippen LogP contribution in [0.25, 0.3) is 28.6 Å². The van der Waals surface area contributed by atoms with Crippen molar-refractivity contribution in [1.82, 2.24) is 33.4 Å². The number of ether oxygens (including phenoxy) is 4. The minimum atomic E-state index is -4.45. The van der Waals surface area contributed by atoms with E-state index in [1.54, 1.807) is 61.6 Å².